The van der Waals surface area contributed by atoms with Gasteiger partial charge in [-0.2, -0.15) is 0 Å². The number of carbonyl (C=O) groups excluding carboxylic acids is 3. The van der Waals surface area contributed by atoms with Crippen LogP contribution in [-0.4, -0.2) is 125 Å². The lowest BCUT2D eigenvalue weighted by molar-refractivity contribution is -0.113. The summed E-state index contributed by atoms with van der Waals surface area (Å²) < 4.78 is 16.9. The van der Waals surface area contributed by atoms with Gasteiger partial charge in [0.25, 0.3) is 5.91 Å². The van der Waals surface area contributed by atoms with Gasteiger partial charge in [0.2, 0.25) is 0 Å². The summed E-state index contributed by atoms with van der Waals surface area (Å²) in [6, 6.07) is 10.2. The van der Waals surface area contributed by atoms with Gasteiger partial charge in [0.15, 0.2) is 0 Å². The van der Waals surface area contributed by atoms with E-state index < -0.39 is 55.2 Å². The molecule has 2 amide bonds. The molecule has 2 aromatic carbocycles. The number of esters is 1. The van der Waals surface area contributed by atoms with Gasteiger partial charge in [0.05, 0.1) is 38.5 Å². The molecule has 14 heteroatoms. The number of carbonyl (C=O) groups is 3. The fourth-order valence-electron chi connectivity index (χ4n) is 6.29. The average Bonchev–Trinajstić information content (AvgIpc) is 3.90. The van der Waals surface area contributed by atoms with E-state index in [1.165, 1.54) is 19.2 Å². The zero-order valence-corrected chi connectivity index (χ0v) is 27.2. The number of piperidine rings is 1. The summed E-state index contributed by atoms with van der Waals surface area (Å²) in [7, 11) is 1.38. The summed E-state index contributed by atoms with van der Waals surface area (Å²) in [5.41, 5.74) is 2.73. The number of amides is 2. The van der Waals surface area contributed by atoms with Gasteiger partial charge in [0.1, 0.15) is 29.7 Å². The first-order valence-corrected chi connectivity index (χ1v) is 16.3. The molecule has 14 nitrogen and oxygen atoms in total. The molecule has 0 radical (unpaired) electrons. The highest BCUT2D eigenvalue weighted by molar-refractivity contribution is 5.96. The third-order valence-corrected chi connectivity index (χ3v) is 9.33. The van der Waals surface area contributed by atoms with Crippen molar-refractivity contribution in [3.05, 3.63) is 58.7 Å². The maximum atomic E-state index is 13.0. The van der Waals surface area contributed by atoms with Crippen molar-refractivity contribution in [3.8, 4) is 5.75 Å². The summed E-state index contributed by atoms with van der Waals surface area (Å²) >= 11 is 0. The number of aliphatic hydroxyl groups excluding tert-OH is 5. The van der Waals surface area contributed by atoms with Crippen LogP contribution in [-0.2, 0) is 16.0 Å². The van der Waals surface area contributed by atoms with Gasteiger partial charge in [-0.05, 0) is 67.6 Å². The number of nitrogens with one attached hydrogen (secondary N) is 1. The predicted molar refractivity (Wildman–Crippen MR) is 172 cm³/mol. The number of anilines is 1. The van der Waals surface area contributed by atoms with Crippen LogP contribution in [0.5, 0.6) is 5.75 Å². The van der Waals surface area contributed by atoms with Crippen molar-refractivity contribution < 1.29 is 54.1 Å². The zero-order chi connectivity index (χ0) is 34.6. The van der Waals surface area contributed by atoms with E-state index in [1.54, 1.807) is 23.1 Å². The van der Waals surface area contributed by atoms with Gasteiger partial charge < -0.3 is 45.1 Å². The zero-order valence-electron chi connectivity index (χ0n) is 27.2. The Balaban J connectivity index is 1.16. The Labute approximate surface area is 278 Å². The molecule has 4 atom stereocenters. The number of aliphatic hydroxyl groups is 5. The number of methoxy groups -OCH3 is 1. The lowest BCUT2D eigenvalue weighted by atomic mass is 9.90. The van der Waals surface area contributed by atoms with Gasteiger partial charge in [-0.3, -0.25) is 14.6 Å². The van der Waals surface area contributed by atoms with Crippen molar-refractivity contribution in [2.45, 2.75) is 75.1 Å². The molecule has 5 rings (SSSR count). The van der Waals surface area contributed by atoms with Crippen molar-refractivity contribution in [3.63, 3.8) is 0 Å². The van der Waals surface area contributed by atoms with E-state index in [2.05, 4.69) is 16.3 Å². The Hall–Kier alpha value is -3.79. The Morgan fingerprint density at radius 1 is 1.04 bits per heavy atom. The van der Waals surface area contributed by atoms with E-state index in [-0.39, 0.29) is 11.5 Å². The second kappa shape index (κ2) is 15.2. The highest BCUT2D eigenvalue weighted by Crippen LogP contribution is 2.44. The number of hydrogen-bond donors (Lipinski definition) is 6. The van der Waals surface area contributed by atoms with Crippen LogP contribution in [0.2, 0.25) is 0 Å². The highest BCUT2D eigenvalue weighted by atomic mass is 16.6. The van der Waals surface area contributed by atoms with E-state index in [0.29, 0.717) is 68.5 Å². The lowest BCUT2D eigenvalue weighted by Gasteiger charge is -2.37. The maximum absolute atomic E-state index is 13.0. The molecule has 1 aliphatic carbocycles. The number of hydrogen-bond acceptors (Lipinski definition) is 12. The highest BCUT2D eigenvalue weighted by Gasteiger charge is 2.47. The van der Waals surface area contributed by atoms with Gasteiger partial charge >= 0.3 is 12.1 Å². The van der Waals surface area contributed by atoms with E-state index in [9.17, 15) is 34.8 Å². The predicted octanol–water partition coefficient (Wildman–Crippen LogP) is 0.906. The Kier molecular flexibility index (Phi) is 11.2. The molecule has 3 fully saturated rings. The molecule has 262 valence electrons. The van der Waals surface area contributed by atoms with E-state index in [1.807, 2.05) is 6.92 Å². The monoisotopic (exact) mass is 671 g/mol. The second-order valence-electron chi connectivity index (χ2n) is 12.7. The maximum Gasteiger partial charge on any atom is 0.415 e. The number of nitrogens with zero attached hydrogens (tertiary/aromatic N) is 2. The molecule has 1 spiro atoms. The molecule has 48 heavy (non-hydrogen) atoms. The van der Waals surface area contributed by atoms with Gasteiger partial charge in [-0.25, -0.2) is 9.59 Å². The average molecular weight is 672 g/mol. The van der Waals surface area contributed by atoms with Crippen LogP contribution in [0.3, 0.4) is 0 Å². The molecule has 6 N–H and O–H groups in total. The smallest absolute Gasteiger partial charge is 0.415 e. The number of benzene rings is 2. The first-order chi connectivity index (χ1) is 23.0. The van der Waals surface area contributed by atoms with Crippen molar-refractivity contribution in [2.75, 3.05) is 51.4 Å². The number of likely N-dealkylation sites (tertiary alicyclic amines) is 1. The van der Waals surface area contributed by atoms with E-state index >= 15 is 0 Å². The van der Waals surface area contributed by atoms with Crippen LogP contribution < -0.4 is 15.0 Å². The molecule has 0 unspecified atom stereocenters. The minimum atomic E-state index is -1.79. The molecule has 2 aliphatic heterocycles. The standard InChI is InChI=1S/C34H45N3O11/c1-3-47-28-15-25(32(44)46-2)24(20-4-5-20)14-22(28)17-36-12-10-34(11-13-36)19-37(33(45)48-34)23-8-6-21(7-9-23)31(43)35-16-26(39)29(41)30(42)27(40)18-38/h6-9,14-15,20,26-27,29-30,38-42H,3-5,10-13,16-19H2,1-2H3,(H,35,43)/t26-,27+,29+,30+/m0/s1. The SMILES string of the molecule is CCOc1cc(C(=O)OC)c(C2CC2)cc1CN1CCC2(CC1)CN(c1ccc(C(=O)NC[C@H](O)[C@@H](O)[C@H](O)[C@H](O)CO)cc1)C(=O)O2. The summed E-state index contributed by atoms with van der Waals surface area (Å²) in [4.78, 5) is 41.9. The van der Waals surface area contributed by atoms with Gasteiger partial charge in [0, 0.05) is 55.8 Å². The molecule has 1 saturated carbocycles. The Morgan fingerprint density at radius 3 is 2.31 bits per heavy atom. The molecule has 2 saturated heterocycles. The fraction of sp³-hybridized carbons (Fsp3) is 0.559. The van der Waals surface area contributed by atoms with Gasteiger partial charge in [-0.1, -0.05) is 0 Å². The molecule has 2 aromatic rings. The van der Waals surface area contributed by atoms with Crippen LogP contribution in [0.1, 0.15) is 70.4 Å². The van der Waals surface area contributed by atoms with Crippen molar-refractivity contribution >= 4 is 23.7 Å². The molecule has 0 aromatic heterocycles. The largest absolute Gasteiger partial charge is 0.494 e. The quantitative estimate of drug-likeness (QED) is 0.156. The lowest BCUT2D eigenvalue weighted by Crippen LogP contribution is -2.49. The van der Waals surface area contributed by atoms with Crippen LogP contribution in [0.25, 0.3) is 0 Å². The molecule has 2 heterocycles. The number of ether oxygens (including phenoxy) is 3. The summed E-state index contributed by atoms with van der Waals surface area (Å²) in [6.07, 6.45) is -3.93. The first-order valence-electron chi connectivity index (χ1n) is 16.3. The Bertz CT molecular complexity index is 1460. The second-order valence-corrected chi connectivity index (χ2v) is 12.7. The molecular weight excluding hydrogens is 626 g/mol. The minimum Gasteiger partial charge on any atom is -0.494 e. The third-order valence-electron chi connectivity index (χ3n) is 9.33. The normalized spacial score (nSPS) is 20.1. The van der Waals surface area contributed by atoms with Crippen LogP contribution in [0.4, 0.5) is 10.5 Å². The third kappa shape index (κ3) is 7.91. The molecule has 3 aliphatic rings. The summed E-state index contributed by atoms with van der Waals surface area (Å²) in [5.74, 6) is 0.102. The van der Waals surface area contributed by atoms with Gasteiger partial charge in [-0.15, -0.1) is 0 Å². The van der Waals surface area contributed by atoms with E-state index in [4.69, 9.17) is 19.3 Å². The fourth-order valence-corrected chi connectivity index (χ4v) is 6.29. The van der Waals surface area contributed by atoms with E-state index in [0.717, 1.165) is 24.0 Å². The molecule has 0 bridgehead atoms. The Morgan fingerprint density at radius 2 is 1.71 bits per heavy atom. The summed E-state index contributed by atoms with van der Waals surface area (Å²) in [5, 5.41) is 50.6. The summed E-state index contributed by atoms with van der Waals surface area (Å²) in [6.45, 7) is 3.54. The first kappa shape index (κ1) is 35.5. The minimum absolute atomic E-state index is 0.239. The topological polar surface area (TPSA) is 199 Å². The van der Waals surface area contributed by atoms with Crippen LogP contribution >= 0.6 is 0 Å². The number of rotatable bonds is 14. The van der Waals surface area contributed by atoms with Crippen LogP contribution in [0, 0.1) is 0 Å². The van der Waals surface area contributed by atoms with Crippen LogP contribution in [0.15, 0.2) is 36.4 Å². The van der Waals surface area contributed by atoms with Crippen molar-refractivity contribution in [1.82, 2.24) is 10.2 Å². The molecular formula is C34H45N3O11. The van der Waals surface area contributed by atoms with Crippen molar-refractivity contribution in [2.24, 2.45) is 0 Å². The van der Waals surface area contributed by atoms with Crippen molar-refractivity contribution in [1.29, 1.82) is 0 Å².